The monoisotopic (exact) mass is 259 g/mol. The summed E-state index contributed by atoms with van der Waals surface area (Å²) < 4.78 is 5.57. The first-order chi connectivity index (χ1) is 9.33. The molecule has 19 heavy (non-hydrogen) atoms. The highest BCUT2D eigenvalue weighted by atomic mass is 16.5. The number of rotatable bonds is 4. The molecule has 1 heterocycles. The van der Waals surface area contributed by atoms with Crippen LogP contribution in [0.1, 0.15) is 48.0 Å². The van der Waals surface area contributed by atoms with E-state index in [1.807, 2.05) is 18.2 Å². The van der Waals surface area contributed by atoms with Crippen molar-refractivity contribution < 1.29 is 9.53 Å². The molecule has 3 heteroatoms. The molecule has 1 aliphatic heterocycles. The Morgan fingerprint density at radius 2 is 2.11 bits per heavy atom. The van der Waals surface area contributed by atoms with Crippen LogP contribution in [0, 0.1) is 0 Å². The molecule has 0 saturated heterocycles. The van der Waals surface area contributed by atoms with Gasteiger partial charge in [-0.15, -0.1) is 0 Å². The molecule has 1 aromatic carbocycles. The average Bonchev–Trinajstić information content (AvgIpc) is 2.97. The molecule has 0 aromatic heterocycles. The number of nitrogens with one attached hydrogen (secondary N) is 1. The second kappa shape index (κ2) is 5.74. The standard InChI is InChI=1S/C16H21NO2/c18-15(11-17-14-5-1-2-6-14)12-7-8-16-13(10-12)4-3-9-19-16/h7-8,10,14,17H,1-6,9,11H2. The predicted molar refractivity (Wildman–Crippen MR) is 74.8 cm³/mol. The van der Waals surface area contributed by atoms with Gasteiger partial charge in [-0.25, -0.2) is 0 Å². The zero-order chi connectivity index (χ0) is 13.1. The molecule has 0 bridgehead atoms. The highest BCUT2D eigenvalue weighted by molar-refractivity contribution is 5.98. The van der Waals surface area contributed by atoms with Crippen molar-refractivity contribution in [1.29, 1.82) is 0 Å². The Morgan fingerprint density at radius 3 is 2.95 bits per heavy atom. The van der Waals surface area contributed by atoms with Gasteiger partial charge in [0, 0.05) is 11.6 Å². The lowest BCUT2D eigenvalue weighted by Gasteiger charge is -2.18. The lowest BCUT2D eigenvalue weighted by atomic mass is 10.0. The molecule has 0 unspecified atom stereocenters. The van der Waals surface area contributed by atoms with Crippen molar-refractivity contribution in [1.82, 2.24) is 5.32 Å². The molecule has 0 radical (unpaired) electrons. The highest BCUT2D eigenvalue weighted by Crippen LogP contribution is 2.25. The summed E-state index contributed by atoms with van der Waals surface area (Å²) in [4.78, 5) is 12.2. The van der Waals surface area contributed by atoms with Gasteiger partial charge in [-0.1, -0.05) is 12.8 Å². The van der Waals surface area contributed by atoms with E-state index in [0.717, 1.165) is 30.8 Å². The van der Waals surface area contributed by atoms with Crippen LogP contribution in [0.25, 0.3) is 0 Å². The summed E-state index contributed by atoms with van der Waals surface area (Å²) in [6.45, 7) is 1.26. The zero-order valence-corrected chi connectivity index (χ0v) is 11.3. The maximum absolute atomic E-state index is 12.2. The van der Waals surface area contributed by atoms with Crippen molar-refractivity contribution in [2.24, 2.45) is 0 Å². The Balaban J connectivity index is 1.62. The van der Waals surface area contributed by atoms with E-state index in [9.17, 15) is 4.79 Å². The number of fused-ring (bicyclic) bond motifs is 1. The van der Waals surface area contributed by atoms with Crippen LogP contribution in [0.15, 0.2) is 18.2 Å². The fourth-order valence-electron chi connectivity index (χ4n) is 3.00. The highest BCUT2D eigenvalue weighted by Gasteiger charge is 2.17. The van der Waals surface area contributed by atoms with E-state index < -0.39 is 0 Å². The van der Waals surface area contributed by atoms with Gasteiger partial charge < -0.3 is 10.1 Å². The van der Waals surface area contributed by atoms with Crippen LogP contribution in [-0.4, -0.2) is 25.0 Å². The van der Waals surface area contributed by atoms with Crippen LogP contribution in [0.3, 0.4) is 0 Å². The predicted octanol–water partition coefficient (Wildman–Crippen LogP) is 2.73. The summed E-state index contributed by atoms with van der Waals surface area (Å²) in [5.41, 5.74) is 1.99. The van der Waals surface area contributed by atoms with E-state index in [1.54, 1.807) is 0 Å². The molecule has 1 aromatic rings. The van der Waals surface area contributed by atoms with Gasteiger partial charge in [0.2, 0.25) is 0 Å². The van der Waals surface area contributed by atoms with Crippen LogP contribution in [0.2, 0.25) is 0 Å². The number of carbonyl (C=O) groups is 1. The smallest absolute Gasteiger partial charge is 0.176 e. The van der Waals surface area contributed by atoms with Gasteiger partial charge in [0.25, 0.3) is 0 Å². The van der Waals surface area contributed by atoms with Crippen LogP contribution < -0.4 is 10.1 Å². The van der Waals surface area contributed by atoms with Gasteiger partial charge in [-0.2, -0.15) is 0 Å². The molecule has 1 saturated carbocycles. The van der Waals surface area contributed by atoms with Crippen molar-refractivity contribution >= 4 is 5.78 Å². The number of hydrogen-bond acceptors (Lipinski definition) is 3. The lowest BCUT2D eigenvalue weighted by molar-refractivity contribution is 0.0987. The summed E-state index contributed by atoms with van der Waals surface area (Å²) >= 11 is 0. The van der Waals surface area contributed by atoms with Crippen molar-refractivity contribution in [2.75, 3.05) is 13.2 Å². The van der Waals surface area contributed by atoms with E-state index in [0.29, 0.717) is 12.6 Å². The molecule has 0 atom stereocenters. The maximum atomic E-state index is 12.2. The van der Waals surface area contributed by atoms with Crippen LogP contribution in [0.5, 0.6) is 5.75 Å². The Labute approximate surface area is 114 Å². The molecular weight excluding hydrogens is 238 g/mol. The number of benzene rings is 1. The number of ether oxygens (including phenoxy) is 1. The zero-order valence-electron chi connectivity index (χ0n) is 11.3. The molecule has 0 amide bonds. The molecule has 102 valence electrons. The molecule has 1 N–H and O–H groups in total. The molecular formula is C16H21NO2. The summed E-state index contributed by atoms with van der Waals surface area (Å²) in [6, 6.07) is 6.39. The van der Waals surface area contributed by atoms with Gasteiger partial charge in [-0.05, 0) is 49.4 Å². The first-order valence-electron chi connectivity index (χ1n) is 7.35. The van der Waals surface area contributed by atoms with Crippen molar-refractivity contribution in [2.45, 2.75) is 44.6 Å². The first kappa shape index (κ1) is 12.7. The van der Waals surface area contributed by atoms with Crippen molar-refractivity contribution in [3.05, 3.63) is 29.3 Å². The Morgan fingerprint density at radius 1 is 1.26 bits per heavy atom. The number of Topliss-reactive ketones (excluding diaryl/α,β-unsaturated/α-hetero) is 1. The maximum Gasteiger partial charge on any atom is 0.176 e. The van der Waals surface area contributed by atoms with Crippen LogP contribution in [0.4, 0.5) is 0 Å². The summed E-state index contributed by atoms with van der Waals surface area (Å²) in [5.74, 6) is 1.15. The largest absolute Gasteiger partial charge is 0.493 e. The third-order valence-corrected chi connectivity index (χ3v) is 4.14. The second-order valence-electron chi connectivity index (χ2n) is 5.56. The fraction of sp³-hybridized carbons (Fsp3) is 0.562. The number of hydrogen-bond donors (Lipinski definition) is 1. The van der Waals surface area contributed by atoms with E-state index in [1.165, 1.54) is 31.2 Å². The van der Waals surface area contributed by atoms with E-state index in [4.69, 9.17) is 4.74 Å². The van der Waals surface area contributed by atoms with E-state index >= 15 is 0 Å². The van der Waals surface area contributed by atoms with Gasteiger partial charge in [0.1, 0.15) is 5.75 Å². The second-order valence-corrected chi connectivity index (χ2v) is 5.56. The summed E-state index contributed by atoms with van der Waals surface area (Å²) in [5, 5.41) is 3.38. The topological polar surface area (TPSA) is 38.3 Å². The Hall–Kier alpha value is -1.35. The third kappa shape index (κ3) is 2.98. The minimum Gasteiger partial charge on any atom is -0.493 e. The molecule has 1 fully saturated rings. The first-order valence-corrected chi connectivity index (χ1v) is 7.35. The molecule has 0 spiro atoms. The van der Waals surface area contributed by atoms with Crippen LogP contribution >= 0.6 is 0 Å². The van der Waals surface area contributed by atoms with Gasteiger partial charge >= 0.3 is 0 Å². The number of carbonyl (C=O) groups excluding carboxylic acids is 1. The van der Waals surface area contributed by atoms with Gasteiger partial charge in [-0.3, -0.25) is 4.79 Å². The lowest BCUT2D eigenvalue weighted by Crippen LogP contribution is -2.31. The number of aryl methyl sites for hydroxylation is 1. The molecule has 2 aliphatic rings. The Kier molecular flexibility index (Phi) is 3.83. The number of ketones is 1. The average molecular weight is 259 g/mol. The van der Waals surface area contributed by atoms with Gasteiger partial charge in [0.05, 0.1) is 13.2 Å². The van der Waals surface area contributed by atoms with E-state index in [2.05, 4.69) is 5.32 Å². The van der Waals surface area contributed by atoms with Crippen molar-refractivity contribution in [3.63, 3.8) is 0 Å². The third-order valence-electron chi connectivity index (χ3n) is 4.14. The molecule has 3 nitrogen and oxygen atoms in total. The Bertz CT molecular complexity index is 464. The van der Waals surface area contributed by atoms with Crippen LogP contribution in [-0.2, 0) is 6.42 Å². The molecule has 1 aliphatic carbocycles. The fourth-order valence-corrected chi connectivity index (χ4v) is 3.00. The quantitative estimate of drug-likeness (QED) is 0.845. The normalized spacial score (nSPS) is 18.9. The van der Waals surface area contributed by atoms with Gasteiger partial charge in [0.15, 0.2) is 5.78 Å². The summed E-state index contributed by atoms with van der Waals surface area (Å²) in [6.07, 6.45) is 7.08. The SMILES string of the molecule is O=C(CNC1CCCC1)c1ccc2c(c1)CCCO2. The minimum atomic E-state index is 0.195. The van der Waals surface area contributed by atoms with E-state index in [-0.39, 0.29) is 5.78 Å². The summed E-state index contributed by atoms with van der Waals surface area (Å²) in [7, 11) is 0. The minimum absolute atomic E-state index is 0.195. The molecule has 3 rings (SSSR count). The van der Waals surface area contributed by atoms with Crippen molar-refractivity contribution in [3.8, 4) is 5.75 Å².